The van der Waals surface area contributed by atoms with E-state index in [2.05, 4.69) is 0 Å². The third kappa shape index (κ3) is 1.36. The van der Waals surface area contributed by atoms with Gasteiger partial charge in [-0.2, -0.15) is 0 Å². The second-order valence-electron chi connectivity index (χ2n) is 1.95. The average molecular weight is 179 g/mol. The van der Waals surface area contributed by atoms with Crippen LogP contribution in [0.2, 0.25) is 0 Å². The molecule has 0 saturated heterocycles. The maximum absolute atomic E-state index is 11.0. The smallest absolute Gasteiger partial charge is 0.189 e. The van der Waals surface area contributed by atoms with E-state index >= 15 is 0 Å². The largest absolute Gasteiger partial charge is 0.381 e. The summed E-state index contributed by atoms with van der Waals surface area (Å²) in [5, 5.41) is 1.69. The van der Waals surface area contributed by atoms with Crippen LogP contribution in [0.15, 0.2) is 11.5 Å². The van der Waals surface area contributed by atoms with Crippen molar-refractivity contribution in [2.24, 2.45) is 0 Å². The van der Waals surface area contributed by atoms with E-state index in [-0.39, 0.29) is 12.4 Å². The number of rotatable bonds is 2. The van der Waals surface area contributed by atoms with E-state index in [1.54, 1.807) is 5.41 Å². The number of halogens is 1. The lowest BCUT2D eigenvalue weighted by Gasteiger charge is -2.15. The molecular formula is C6H7ClO2S. The Morgan fingerprint density at radius 2 is 2.60 bits per heavy atom. The number of carbonyl (C=O) groups excluding carboxylic acids is 1. The number of carbonyl (C=O) groups is 1. The van der Waals surface area contributed by atoms with Gasteiger partial charge >= 0.3 is 0 Å². The summed E-state index contributed by atoms with van der Waals surface area (Å²) in [5.41, 5.74) is 0. The molecule has 56 valence electrons. The van der Waals surface area contributed by atoms with E-state index in [4.69, 9.17) is 16.3 Å². The summed E-state index contributed by atoms with van der Waals surface area (Å²) in [4.78, 5) is 11.0. The zero-order valence-electron chi connectivity index (χ0n) is 5.46. The van der Waals surface area contributed by atoms with Crippen LogP contribution in [-0.4, -0.2) is 23.7 Å². The van der Waals surface area contributed by atoms with Crippen molar-refractivity contribution in [2.45, 2.75) is 4.21 Å². The molecular weight excluding hydrogens is 172 g/mol. The topological polar surface area (TPSA) is 26.3 Å². The fraction of sp³-hybridized carbons (Fsp3) is 0.500. The Hall–Kier alpha value is 0.01000. The summed E-state index contributed by atoms with van der Waals surface area (Å²) in [5.74, 6) is -0.0824. The molecule has 0 radical (unpaired) electrons. The summed E-state index contributed by atoms with van der Waals surface area (Å²) in [6.07, 6.45) is 1.47. The fourth-order valence-corrected chi connectivity index (χ4v) is 1.78. The number of hydrogen-bond acceptors (Lipinski definition) is 3. The summed E-state index contributed by atoms with van der Waals surface area (Å²) < 4.78 is 3.91. The van der Waals surface area contributed by atoms with Crippen LogP contribution in [0.25, 0.3) is 0 Å². The lowest BCUT2D eigenvalue weighted by atomic mass is 10.3. The third-order valence-corrected chi connectivity index (χ3v) is 2.70. The molecule has 0 spiro atoms. The number of ether oxygens (including phenoxy) is 1. The van der Waals surface area contributed by atoms with E-state index in [1.165, 1.54) is 24.9 Å². The van der Waals surface area contributed by atoms with Crippen molar-refractivity contribution in [3.63, 3.8) is 0 Å². The summed E-state index contributed by atoms with van der Waals surface area (Å²) in [6.45, 7) is 0.255. The molecule has 0 amide bonds. The number of thioether (sulfide) groups is 1. The van der Waals surface area contributed by atoms with Gasteiger partial charge in [0.05, 0.1) is 6.61 Å². The lowest BCUT2D eigenvalue weighted by molar-refractivity contribution is -0.115. The van der Waals surface area contributed by atoms with Crippen LogP contribution in [0, 0.1) is 0 Å². The summed E-state index contributed by atoms with van der Waals surface area (Å²) in [7, 11) is 1.52. The molecule has 1 aliphatic rings. The molecule has 1 unspecified atom stereocenters. The van der Waals surface area contributed by atoms with Gasteiger partial charge in [0.25, 0.3) is 0 Å². The van der Waals surface area contributed by atoms with E-state index in [1.807, 2.05) is 0 Å². The Morgan fingerprint density at radius 1 is 1.90 bits per heavy atom. The highest BCUT2D eigenvalue weighted by Gasteiger charge is 2.37. The highest BCUT2D eigenvalue weighted by atomic mass is 35.5. The van der Waals surface area contributed by atoms with Gasteiger partial charge in [0.15, 0.2) is 9.99 Å². The molecule has 0 aromatic rings. The highest BCUT2D eigenvalue weighted by molar-refractivity contribution is 8.06. The van der Waals surface area contributed by atoms with Gasteiger partial charge in [-0.3, -0.25) is 4.79 Å². The minimum absolute atomic E-state index is 0.0824. The molecule has 0 aliphatic carbocycles. The van der Waals surface area contributed by atoms with Crippen molar-refractivity contribution < 1.29 is 9.53 Å². The van der Waals surface area contributed by atoms with E-state index < -0.39 is 4.21 Å². The van der Waals surface area contributed by atoms with Crippen LogP contribution in [0.3, 0.4) is 0 Å². The van der Waals surface area contributed by atoms with Crippen molar-refractivity contribution in [3.05, 3.63) is 11.5 Å². The van der Waals surface area contributed by atoms with Gasteiger partial charge in [-0.15, -0.1) is 11.8 Å². The SMILES string of the molecule is COCC1(Cl)SC=CC1=O. The van der Waals surface area contributed by atoms with Gasteiger partial charge < -0.3 is 4.74 Å². The molecule has 0 aromatic heterocycles. The molecule has 0 N–H and O–H groups in total. The summed E-state index contributed by atoms with van der Waals surface area (Å²) in [6, 6.07) is 0. The minimum Gasteiger partial charge on any atom is -0.381 e. The molecule has 0 saturated carbocycles. The second kappa shape index (κ2) is 2.95. The molecule has 4 heteroatoms. The Labute approximate surface area is 68.6 Å². The van der Waals surface area contributed by atoms with Gasteiger partial charge in [-0.25, -0.2) is 0 Å². The first-order valence-electron chi connectivity index (χ1n) is 2.76. The Kier molecular flexibility index (Phi) is 2.39. The lowest BCUT2D eigenvalue weighted by Crippen LogP contribution is -2.29. The number of ketones is 1. The zero-order chi connectivity index (χ0) is 7.61. The molecule has 0 fully saturated rings. The predicted octanol–water partition coefficient (Wildman–Crippen LogP) is 1.40. The highest BCUT2D eigenvalue weighted by Crippen LogP contribution is 2.37. The number of alkyl halides is 1. The van der Waals surface area contributed by atoms with Crippen molar-refractivity contribution in [1.82, 2.24) is 0 Å². The molecule has 1 aliphatic heterocycles. The first-order valence-corrected chi connectivity index (χ1v) is 4.01. The molecule has 2 nitrogen and oxygen atoms in total. The fourth-order valence-electron chi connectivity index (χ4n) is 0.677. The maximum Gasteiger partial charge on any atom is 0.189 e. The summed E-state index contributed by atoms with van der Waals surface area (Å²) >= 11 is 7.13. The van der Waals surface area contributed by atoms with Gasteiger partial charge in [0.1, 0.15) is 0 Å². The zero-order valence-corrected chi connectivity index (χ0v) is 7.04. The first-order chi connectivity index (χ1) is 4.69. The van der Waals surface area contributed by atoms with Crippen molar-refractivity contribution in [1.29, 1.82) is 0 Å². The van der Waals surface area contributed by atoms with Crippen molar-refractivity contribution in [2.75, 3.05) is 13.7 Å². The van der Waals surface area contributed by atoms with Crippen molar-refractivity contribution in [3.8, 4) is 0 Å². The van der Waals surface area contributed by atoms with Crippen LogP contribution >= 0.6 is 23.4 Å². The van der Waals surface area contributed by atoms with Gasteiger partial charge in [-0.1, -0.05) is 11.6 Å². The molecule has 0 bridgehead atoms. The average Bonchev–Trinajstić information content (AvgIpc) is 2.15. The maximum atomic E-state index is 11.0. The molecule has 1 heterocycles. The Morgan fingerprint density at radius 3 is 3.00 bits per heavy atom. The van der Waals surface area contributed by atoms with E-state index in [9.17, 15) is 4.79 Å². The monoisotopic (exact) mass is 178 g/mol. The Balaban J connectivity index is 2.61. The van der Waals surface area contributed by atoms with Crippen LogP contribution in [-0.2, 0) is 9.53 Å². The first kappa shape index (κ1) is 8.11. The van der Waals surface area contributed by atoms with Crippen molar-refractivity contribution >= 4 is 29.1 Å². The normalized spacial score (nSPS) is 31.6. The van der Waals surface area contributed by atoms with Gasteiger partial charge in [0.2, 0.25) is 0 Å². The van der Waals surface area contributed by atoms with E-state index in [0.717, 1.165) is 0 Å². The number of methoxy groups -OCH3 is 1. The molecule has 1 atom stereocenters. The number of hydrogen-bond donors (Lipinski definition) is 0. The van der Waals surface area contributed by atoms with E-state index in [0.29, 0.717) is 0 Å². The quantitative estimate of drug-likeness (QED) is 0.598. The molecule has 1 rings (SSSR count). The van der Waals surface area contributed by atoms with Crippen LogP contribution in [0.5, 0.6) is 0 Å². The minimum atomic E-state index is -0.880. The Bertz CT molecular complexity index is 181. The van der Waals surface area contributed by atoms with Crippen LogP contribution in [0.1, 0.15) is 0 Å². The molecule has 0 aromatic carbocycles. The van der Waals surface area contributed by atoms with Crippen LogP contribution < -0.4 is 0 Å². The number of allylic oxidation sites excluding steroid dienone is 1. The van der Waals surface area contributed by atoms with Gasteiger partial charge in [0, 0.05) is 7.11 Å². The predicted molar refractivity (Wildman–Crippen MR) is 42.2 cm³/mol. The molecule has 10 heavy (non-hydrogen) atoms. The van der Waals surface area contributed by atoms with Gasteiger partial charge in [-0.05, 0) is 11.5 Å². The standard InChI is InChI=1S/C6H7ClO2S/c1-9-4-6(7)5(8)2-3-10-6/h2-3H,4H2,1H3. The van der Waals surface area contributed by atoms with Crippen LogP contribution in [0.4, 0.5) is 0 Å². The second-order valence-corrected chi connectivity index (χ2v) is 4.02. The third-order valence-electron chi connectivity index (χ3n) is 1.17.